The van der Waals surface area contributed by atoms with Gasteiger partial charge in [0.15, 0.2) is 0 Å². The van der Waals surface area contributed by atoms with E-state index in [2.05, 4.69) is 48.5 Å². The molecule has 0 aromatic heterocycles. The van der Waals surface area contributed by atoms with Gasteiger partial charge in [0.25, 0.3) is 0 Å². The standard InChI is InChI=1S/C29H48O/c1-19-20-10-13-29(7)24(27(20,5)12-11-23(19)30)9-8-21-22-18-25(2,3)14-15-26(22,4)16-17-28(21,29)6/h19-22,24H,8-18H2,1-7H3/t19-,20-,21+,22-,24+,26-,27+,28-,29-/m1/s1. The number of Topliss-reactive ketones (excluding diaryl/α,β-unsaturated/α-hetero) is 1. The van der Waals surface area contributed by atoms with E-state index in [0.717, 1.165) is 30.6 Å². The predicted molar refractivity (Wildman–Crippen MR) is 125 cm³/mol. The van der Waals surface area contributed by atoms with Crippen LogP contribution in [0.5, 0.6) is 0 Å². The summed E-state index contributed by atoms with van der Waals surface area (Å²) in [5.41, 5.74) is 2.47. The number of carbonyl (C=O) groups is 1. The fraction of sp³-hybridized carbons (Fsp3) is 0.966. The number of fused-ring (bicyclic) bond motifs is 7. The number of ketones is 1. The molecule has 30 heavy (non-hydrogen) atoms. The Hall–Kier alpha value is -0.330. The summed E-state index contributed by atoms with van der Waals surface area (Å²) in [7, 11) is 0. The number of carbonyl (C=O) groups excluding carboxylic acids is 1. The minimum absolute atomic E-state index is 0.299. The maximum atomic E-state index is 12.6. The summed E-state index contributed by atoms with van der Waals surface area (Å²) in [5, 5.41) is 0. The zero-order valence-corrected chi connectivity index (χ0v) is 21.1. The van der Waals surface area contributed by atoms with Crippen molar-refractivity contribution in [3.8, 4) is 0 Å². The zero-order valence-electron chi connectivity index (χ0n) is 21.1. The van der Waals surface area contributed by atoms with Crippen molar-refractivity contribution in [1.29, 1.82) is 0 Å². The molecule has 0 aliphatic heterocycles. The van der Waals surface area contributed by atoms with Gasteiger partial charge in [0.2, 0.25) is 0 Å². The van der Waals surface area contributed by atoms with E-state index in [4.69, 9.17) is 0 Å². The van der Waals surface area contributed by atoms with Crippen LogP contribution < -0.4 is 0 Å². The number of hydrogen-bond acceptors (Lipinski definition) is 1. The van der Waals surface area contributed by atoms with Crippen LogP contribution in [0.25, 0.3) is 0 Å². The first kappa shape index (κ1) is 21.5. The van der Waals surface area contributed by atoms with Crippen molar-refractivity contribution in [2.75, 3.05) is 0 Å². The van der Waals surface area contributed by atoms with Crippen molar-refractivity contribution in [3.05, 3.63) is 0 Å². The second-order valence-corrected chi connectivity index (χ2v) is 14.6. The van der Waals surface area contributed by atoms with Gasteiger partial charge in [0.1, 0.15) is 5.78 Å². The number of hydrogen-bond donors (Lipinski definition) is 0. The van der Waals surface area contributed by atoms with Crippen molar-refractivity contribution in [2.45, 2.75) is 119 Å². The Balaban J connectivity index is 1.52. The minimum atomic E-state index is 0.299. The molecule has 5 fully saturated rings. The third-order valence-electron chi connectivity index (χ3n) is 13.0. The second-order valence-electron chi connectivity index (χ2n) is 14.6. The van der Waals surface area contributed by atoms with E-state index >= 15 is 0 Å². The van der Waals surface area contributed by atoms with Crippen molar-refractivity contribution in [3.63, 3.8) is 0 Å². The summed E-state index contributed by atoms with van der Waals surface area (Å²) in [6.45, 7) is 18.1. The van der Waals surface area contributed by atoms with E-state index in [9.17, 15) is 4.79 Å². The van der Waals surface area contributed by atoms with Crippen LogP contribution >= 0.6 is 0 Å². The van der Waals surface area contributed by atoms with Crippen molar-refractivity contribution < 1.29 is 4.79 Å². The smallest absolute Gasteiger partial charge is 0.136 e. The molecule has 9 atom stereocenters. The lowest BCUT2D eigenvalue weighted by atomic mass is 9.32. The van der Waals surface area contributed by atoms with Crippen molar-refractivity contribution in [2.24, 2.45) is 56.7 Å². The number of rotatable bonds is 0. The molecule has 0 amide bonds. The van der Waals surface area contributed by atoms with Crippen LogP contribution in [0.15, 0.2) is 0 Å². The van der Waals surface area contributed by atoms with Crippen LogP contribution in [-0.4, -0.2) is 5.78 Å². The first-order valence-electron chi connectivity index (χ1n) is 13.4. The first-order valence-corrected chi connectivity index (χ1v) is 13.4. The molecule has 0 bridgehead atoms. The van der Waals surface area contributed by atoms with Gasteiger partial charge in [-0.2, -0.15) is 0 Å². The Labute approximate surface area is 186 Å². The average molecular weight is 413 g/mol. The van der Waals surface area contributed by atoms with Crippen LogP contribution in [-0.2, 0) is 4.79 Å². The van der Waals surface area contributed by atoms with E-state index in [0.29, 0.717) is 44.7 Å². The lowest BCUT2D eigenvalue weighted by molar-refractivity contribution is -0.234. The van der Waals surface area contributed by atoms with Gasteiger partial charge in [-0.1, -0.05) is 48.5 Å². The highest BCUT2D eigenvalue weighted by molar-refractivity contribution is 5.82. The van der Waals surface area contributed by atoms with Crippen LogP contribution in [0.1, 0.15) is 119 Å². The van der Waals surface area contributed by atoms with Gasteiger partial charge in [0, 0.05) is 12.3 Å². The van der Waals surface area contributed by atoms with Crippen LogP contribution in [0.3, 0.4) is 0 Å². The Morgan fingerprint density at radius 1 is 0.700 bits per heavy atom. The Bertz CT molecular complexity index is 737. The van der Waals surface area contributed by atoms with Crippen molar-refractivity contribution in [1.82, 2.24) is 0 Å². The molecule has 170 valence electrons. The quantitative estimate of drug-likeness (QED) is 0.393. The molecule has 5 saturated carbocycles. The minimum Gasteiger partial charge on any atom is -0.299 e. The molecule has 0 aromatic rings. The van der Waals surface area contributed by atoms with Gasteiger partial charge >= 0.3 is 0 Å². The fourth-order valence-electron chi connectivity index (χ4n) is 10.7. The largest absolute Gasteiger partial charge is 0.299 e. The van der Waals surface area contributed by atoms with Gasteiger partial charge in [-0.15, -0.1) is 0 Å². The Morgan fingerprint density at radius 3 is 2.13 bits per heavy atom. The van der Waals surface area contributed by atoms with E-state index in [1.54, 1.807) is 0 Å². The third kappa shape index (κ3) is 2.62. The third-order valence-corrected chi connectivity index (χ3v) is 13.0. The maximum absolute atomic E-state index is 12.6. The summed E-state index contributed by atoms with van der Waals surface area (Å²) in [4.78, 5) is 12.6. The molecular formula is C29H48O. The predicted octanol–water partition coefficient (Wildman–Crippen LogP) is 8.07. The van der Waals surface area contributed by atoms with Gasteiger partial charge in [-0.3, -0.25) is 4.79 Å². The Morgan fingerprint density at radius 2 is 1.40 bits per heavy atom. The Kier molecular flexibility index (Phi) is 4.57. The summed E-state index contributed by atoms with van der Waals surface area (Å²) in [6, 6.07) is 0. The summed E-state index contributed by atoms with van der Waals surface area (Å²) in [6.07, 6.45) is 14.8. The molecule has 5 aliphatic carbocycles. The van der Waals surface area contributed by atoms with Gasteiger partial charge in [0.05, 0.1) is 0 Å². The monoisotopic (exact) mass is 412 g/mol. The molecule has 0 spiro atoms. The molecule has 1 nitrogen and oxygen atoms in total. The maximum Gasteiger partial charge on any atom is 0.136 e. The highest BCUT2D eigenvalue weighted by atomic mass is 16.1. The van der Waals surface area contributed by atoms with Crippen LogP contribution in [0, 0.1) is 56.7 Å². The average Bonchev–Trinajstić information content (AvgIpc) is 2.67. The summed E-state index contributed by atoms with van der Waals surface area (Å²) < 4.78 is 0. The van der Waals surface area contributed by atoms with E-state index in [-0.39, 0.29) is 0 Å². The van der Waals surface area contributed by atoms with Crippen LogP contribution in [0.4, 0.5) is 0 Å². The summed E-state index contributed by atoms with van der Waals surface area (Å²) in [5.74, 6) is 4.16. The fourth-order valence-corrected chi connectivity index (χ4v) is 10.7. The highest BCUT2D eigenvalue weighted by Gasteiger charge is 2.68. The molecule has 0 aromatic carbocycles. The molecule has 5 rings (SSSR count). The highest BCUT2D eigenvalue weighted by Crippen LogP contribution is 2.75. The normalized spacial score (nSPS) is 57.6. The SMILES string of the molecule is C[C@H]1C(=O)CC[C@@]2(C)[C@@H]1CC[C@]1(C)[C@H]2CC[C@H]2[C@H]3CC(C)(C)CC[C@]3(C)CC[C@]21C. The molecule has 0 saturated heterocycles. The van der Waals surface area contributed by atoms with E-state index < -0.39 is 0 Å². The molecule has 0 heterocycles. The van der Waals surface area contributed by atoms with Crippen LogP contribution in [0.2, 0.25) is 0 Å². The van der Waals surface area contributed by atoms with Gasteiger partial charge in [-0.05, 0) is 115 Å². The molecule has 1 heteroatoms. The molecule has 5 aliphatic rings. The first-order chi connectivity index (χ1) is 13.9. The molecule has 0 N–H and O–H groups in total. The molecular weight excluding hydrogens is 364 g/mol. The zero-order chi connectivity index (χ0) is 21.7. The van der Waals surface area contributed by atoms with E-state index in [1.807, 2.05) is 0 Å². The van der Waals surface area contributed by atoms with Crippen molar-refractivity contribution >= 4 is 5.78 Å². The lowest BCUT2D eigenvalue weighted by Gasteiger charge is -2.72. The van der Waals surface area contributed by atoms with Gasteiger partial charge in [-0.25, -0.2) is 0 Å². The molecule has 0 unspecified atom stereocenters. The second kappa shape index (κ2) is 6.38. The lowest BCUT2D eigenvalue weighted by Crippen LogP contribution is -2.65. The topological polar surface area (TPSA) is 17.1 Å². The van der Waals surface area contributed by atoms with Gasteiger partial charge < -0.3 is 0 Å². The summed E-state index contributed by atoms with van der Waals surface area (Å²) >= 11 is 0. The molecule has 0 radical (unpaired) electrons. The van der Waals surface area contributed by atoms with E-state index in [1.165, 1.54) is 57.8 Å².